The van der Waals surface area contributed by atoms with Gasteiger partial charge in [0.2, 0.25) is 0 Å². The maximum Gasteiger partial charge on any atom is 0.303 e. The van der Waals surface area contributed by atoms with Crippen LogP contribution in [0.1, 0.15) is 104 Å². The average molecular weight is 393 g/mol. The van der Waals surface area contributed by atoms with E-state index in [1.807, 2.05) is 0 Å². The summed E-state index contributed by atoms with van der Waals surface area (Å²) in [7, 11) is 0. The molecule has 26 heavy (non-hydrogen) atoms. The molecule has 0 fully saturated rings. The number of aliphatic hydroxyl groups is 2. The first-order chi connectivity index (χ1) is 12.4. The van der Waals surface area contributed by atoms with E-state index < -0.39 is 12.1 Å². The third-order valence-electron chi connectivity index (χ3n) is 4.34. The highest BCUT2D eigenvalue weighted by atomic mass is 32.1. The molecular weight excluding hydrogens is 348 g/mol. The molecular formula is C21H44O4S. The van der Waals surface area contributed by atoms with Gasteiger partial charge >= 0.3 is 5.97 Å². The Hall–Kier alpha value is -0.260. The summed E-state index contributed by atoms with van der Waals surface area (Å²) in [6.45, 7) is 4.42. The van der Waals surface area contributed by atoms with Crippen molar-refractivity contribution in [3.8, 4) is 0 Å². The topological polar surface area (TPSA) is 77.8 Å². The van der Waals surface area contributed by atoms with Crippen LogP contribution in [0.3, 0.4) is 0 Å². The summed E-state index contributed by atoms with van der Waals surface area (Å²) in [5, 5.41) is 24.9. The summed E-state index contributed by atoms with van der Waals surface area (Å²) >= 11 is 3.69. The molecule has 0 amide bonds. The Bertz CT molecular complexity index is 281. The van der Waals surface area contributed by atoms with Gasteiger partial charge in [0, 0.05) is 12.2 Å². The molecule has 0 bridgehead atoms. The molecule has 5 heteroatoms. The van der Waals surface area contributed by atoms with Gasteiger partial charge in [-0.1, -0.05) is 90.9 Å². The highest BCUT2D eigenvalue weighted by Crippen LogP contribution is 2.14. The molecule has 0 aromatic heterocycles. The quantitative estimate of drug-likeness (QED) is 0.196. The third-order valence-corrected chi connectivity index (χ3v) is 4.77. The van der Waals surface area contributed by atoms with Crippen molar-refractivity contribution >= 4 is 18.6 Å². The van der Waals surface area contributed by atoms with E-state index in [4.69, 9.17) is 15.3 Å². The van der Waals surface area contributed by atoms with Gasteiger partial charge < -0.3 is 15.3 Å². The van der Waals surface area contributed by atoms with Crippen molar-refractivity contribution in [2.75, 3.05) is 12.4 Å². The first kappa shape index (κ1) is 28.0. The monoisotopic (exact) mass is 392 g/mol. The summed E-state index contributed by atoms with van der Waals surface area (Å²) in [6, 6.07) is 0. The van der Waals surface area contributed by atoms with E-state index in [2.05, 4.69) is 26.5 Å². The van der Waals surface area contributed by atoms with Gasteiger partial charge in [0.05, 0.1) is 12.7 Å². The van der Waals surface area contributed by atoms with Crippen LogP contribution in [0.15, 0.2) is 0 Å². The highest BCUT2D eigenvalue weighted by Gasteiger charge is 1.97. The maximum atomic E-state index is 10.3. The van der Waals surface area contributed by atoms with Gasteiger partial charge in [-0.2, -0.15) is 12.6 Å². The zero-order chi connectivity index (χ0) is 20.0. The standard InChI is InChI=1S/C18H36O2.C3H8O2S/c1-17(2)15-13-11-9-7-5-3-4-6-8-10-12-14-16-18(19)20;4-1-3(5)2-6/h17H,3-16H2,1-2H3,(H,19,20);3-6H,1-2H2. The van der Waals surface area contributed by atoms with Gasteiger partial charge in [-0.25, -0.2) is 0 Å². The molecule has 0 radical (unpaired) electrons. The molecule has 0 spiro atoms. The number of hydrogen-bond donors (Lipinski definition) is 4. The lowest BCUT2D eigenvalue weighted by atomic mass is 10.0. The summed E-state index contributed by atoms with van der Waals surface area (Å²) in [5.41, 5.74) is 0. The average Bonchev–Trinajstić information content (AvgIpc) is 2.61. The van der Waals surface area contributed by atoms with E-state index in [1.165, 1.54) is 70.6 Å². The number of unbranched alkanes of at least 4 members (excludes halogenated alkanes) is 11. The molecule has 4 nitrogen and oxygen atoms in total. The van der Waals surface area contributed by atoms with E-state index >= 15 is 0 Å². The number of hydrogen-bond acceptors (Lipinski definition) is 4. The summed E-state index contributed by atoms with van der Waals surface area (Å²) < 4.78 is 0. The van der Waals surface area contributed by atoms with Crippen LogP contribution in [0.4, 0.5) is 0 Å². The van der Waals surface area contributed by atoms with E-state index in [-0.39, 0.29) is 6.61 Å². The van der Waals surface area contributed by atoms with Crippen LogP contribution in [-0.4, -0.2) is 39.8 Å². The minimum Gasteiger partial charge on any atom is -0.481 e. The fraction of sp³-hybridized carbons (Fsp3) is 0.952. The van der Waals surface area contributed by atoms with Crippen LogP contribution in [-0.2, 0) is 4.79 Å². The van der Waals surface area contributed by atoms with Gasteiger partial charge in [0.1, 0.15) is 0 Å². The van der Waals surface area contributed by atoms with Crippen molar-refractivity contribution in [1.82, 2.24) is 0 Å². The Kier molecular flexibility index (Phi) is 24.5. The van der Waals surface area contributed by atoms with Gasteiger partial charge in [-0.15, -0.1) is 0 Å². The molecule has 0 aliphatic heterocycles. The molecule has 0 aliphatic rings. The summed E-state index contributed by atoms with van der Waals surface area (Å²) in [4.78, 5) is 10.3. The summed E-state index contributed by atoms with van der Waals surface area (Å²) in [6.07, 6.45) is 16.7. The Labute approximate surface area is 167 Å². The van der Waals surface area contributed by atoms with Gasteiger partial charge in [-0.3, -0.25) is 4.79 Å². The molecule has 1 unspecified atom stereocenters. The zero-order valence-corrected chi connectivity index (χ0v) is 18.1. The van der Waals surface area contributed by atoms with Gasteiger partial charge in [0.15, 0.2) is 0 Å². The van der Waals surface area contributed by atoms with Gasteiger partial charge in [-0.05, 0) is 12.3 Å². The fourth-order valence-electron chi connectivity index (χ4n) is 2.65. The molecule has 158 valence electrons. The van der Waals surface area contributed by atoms with E-state index in [0.29, 0.717) is 12.2 Å². The van der Waals surface area contributed by atoms with Crippen LogP contribution < -0.4 is 0 Å². The van der Waals surface area contributed by atoms with Crippen molar-refractivity contribution in [2.24, 2.45) is 5.92 Å². The molecule has 0 aromatic carbocycles. The van der Waals surface area contributed by atoms with Crippen molar-refractivity contribution in [1.29, 1.82) is 0 Å². The molecule has 0 aliphatic carbocycles. The number of thiol groups is 1. The molecule has 0 saturated heterocycles. The van der Waals surface area contributed by atoms with Crippen LogP contribution in [0, 0.1) is 5.92 Å². The number of aliphatic hydroxyl groups excluding tert-OH is 2. The van der Waals surface area contributed by atoms with Crippen LogP contribution in [0.5, 0.6) is 0 Å². The molecule has 0 rings (SSSR count). The lowest BCUT2D eigenvalue weighted by molar-refractivity contribution is -0.137. The third kappa shape index (κ3) is 28.5. The molecule has 3 N–H and O–H groups in total. The Balaban J connectivity index is 0. The lowest BCUT2D eigenvalue weighted by Gasteiger charge is -2.04. The Morgan fingerprint density at radius 3 is 1.46 bits per heavy atom. The van der Waals surface area contributed by atoms with Gasteiger partial charge in [0.25, 0.3) is 0 Å². The number of rotatable bonds is 17. The largest absolute Gasteiger partial charge is 0.481 e. The zero-order valence-electron chi connectivity index (χ0n) is 17.2. The second kappa shape index (κ2) is 22.8. The molecule has 0 saturated carbocycles. The predicted octanol–water partition coefficient (Wildman–Crippen LogP) is 5.46. The first-order valence-electron chi connectivity index (χ1n) is 10.6. The minimum absolute atomic E-state index is 0.191. The molecule has 1 atom stereocenters. The van der Waals surface area contributed by atoms with Crippen molar-refractivity contribution in [3.63, 3.8) is 0 Å². The summed E-state index contributed by atoms with van der Waals surface area (Å²) in [5.74, 6) is 0.542. The number of carbonyl (C=O) groups is 1. The Morgan fingerprint density at radius 2 is 1.19 bits per heavy atom. The smallest absolute Gasteiger partial charge is 0.303 e. The van der Waals surface area contributed by atoms with E-state index in [1.54, 1.807) is 0 Å². The van der Waals surface area contributed by atoms with Crippen molar-refractivity contribution in [3.05, 3.63) is 0 Å². The van der Waals surface area contributed by atoms with Crippen molar-refractivity contribution < 1.29 is 20.1 Å². The van der Waals surface area contributed by atoms with Crippen LogP contribution in [0.25, 0.3) is 0 Å². The van der Waals surface area contributed by atoms with E-state index in [9.17, 15) is 4.79 Å². The maximum absolute atomic E-state index is 10.3. The number of carboxylic acid groups (broad SMARTS) is 1. The number of aliphatic carboxylic acids is 1. The van der Waals surface area contributed by atoms with Crippen molar-refractivity contribution in [2.45, 2.75) is 110 Å². The molecule has 0 aromatic rings. The minimum atomic E-state index is -0.654. The highest BCUT2D eigenvalue weighted by molar-refractivity contribution is 7.80. The van der Waals surface area contributed by atoms with Crippen LogP contribution >= 0.6 is 12.6 Å². The second-order valence-electron chi connectivity index (χ2n) is 7.59. The second-order valence-corrected chi connectivity index (χ2v) is 7.95. The van der Waals surface area contributed by atoms with E-state index in [0.717, 1.165) is 18.8 Å². The number of carboxylic acids is 1. The normalized spacial score (nSPS) is 11.9. The Morgan fingerprint density at radius 1 is 0.808 bits per heavy atom. The predicted molar refractivity (Wildman–Crippen MR) is 114 cm³/mol. The first-order valence-corrected chi connectivity index (χ1v) is 11.2. The van der Waals surface area contributed by atoms with Crippen LogP contribution in [0.2, 0.25) is 0 Å². The fourth-order valence-corrected chi connectivity index (χ4v) is 2.77. The lowest BCUT2D eigenvalue weighted by Crippen LogP contribution is -2.12. The molecule has 0 heterocycles. The SMILES string of the molecule is CC(C)CCCCCCCCCCCCCCC(=O)O.OCC(O)CS.